The third kappa shape index (κ3) is 54.0. The average molecular weight is 765 g/mol. The summed E-state index contributed by atoms with van der Waals surface area (Å²) >= 11 is 0. The van der Waals surface area contributed by atoms with Crippen LogP contribution in [0.1, 0.15) is 321 Å². The molecule has 0 bridgehead atoms. The van der Waals surface area contributed by atoms with Gasteiger partial charge in [-0.05, 0) is 0 Å². The van der Waals surface area contributed by atoms with Crippen molar-refractivity contribution >= 4 is 0 Å². The van der Waals surface area contributed by atoms with E-state index < -0.39 is 0 Å². The van der Waals surface area contributed by atoms with Crippen molar-refractivity contribution < 1.29 is 10.2 Å². The molecule has 328 valence electrons. The SMILES string of the molecule is C1CCCCCCCCC1.C1CCCCCCCCC1.C1CCCCCCCCC1.C1CCCCCCCCC1.C1CCCCCCCCC1.CO.CO. The van der Waals surface area contributed by atoms with Crippen molar-refractivity contribution in [3.63, 3.8) is 0 Å². The molecule has 0 aromatic rings. The lowest BCUT2D eigenvalue weighted by molar-refractivity contribution is 0.399. The predicted octanol–water partition coefficient (Wildman–Crippen LogP) is 18.7. The highest BCUT2D eigenvalue weighted by Crippen LogP contribution is 2.19. The molecule has 0 radical (unpaired) electrons. The first-order valence-corrected chi connectivity index (χ1v) is 25.9. The zero-order valence-corrected chi connectivity index (χ0v) is 38.2. The van der Waals surface area contributed by atoms with Gasteiger partial charge in [0.15, 0.2) is 0 Å². The van der Waals surface area contributed by atoms with Gasteiger partial charge in [0.25, 0.3) is 0 Å². The minimum Gasteiger partial charge on any atom is -0.400 e. The van der Waals surface area contributed by atoms with Crippen LogP contribution in [-0.2, 0) is 0 Å². The van der Waals surface area contributed by atoms with E-state index in [0.29, 0.717) is 0 Å². The third-order valence-corrected chi connectivity index (χ3v) is 12.5. The molecule has 0 aromatic heterocycles. The van der Waals surface area contributed by atoms with E-state index in [0.717, 1.165) is 14.2 Å². The molecule has 0 saturated heterocycles. The molecule has 2 heteroatoms. The first-order valence-electron chi connectivity index (χ1n) is 25.9. The summed E-state index contributed by atoms with van der Waals surface area (Å²) in [5.41, 5.74) is 0. The van der Waals surface area contributed by atoms with Crippen molar-refractivity contribution in [2.75, 3.05) is 14.2 Å². The Bertz CT molecular complexity index is 295. The van der Waals surface area contributed by atoms with Crippen LogP contribution in [-0.4, -0.2) is 24.4 Å². The normalized spacial score (nSPS) is 22.4. The Hall–Kier alpha value is -0.0800. The molecular formula is C52H108O2. The molecule has 0 atom stereocenters. The Kier molecular flexibility index (Phi) is 59.4. The molecule has 0 heterocycles. The molecule has 5 aliphatic carbocycles. The standard InChI is InChI=1S/5C10H20.2CH4O/c5*1-2-4-6-8-10-9-7-5-3-1;2*1-2/h5*1-10H2;2*2H,1H3. The molecule has 2 N–H and O–H groups in total. The van der Waals surface area contributed by atoms with Gasteiger partial charge in [0.1, 0.15) is 0 Å². The van der Waals surface area contributed by atoms with E-state index in [9.17, 15) is 0 Å². The third-order valence-electron chi connectivity index (χ3n) is 12.5. The lowest BCUT2D eigenvalue weighted by Gasteiger charge is -2.05. The molecule has 0 spiro atoms. The molecule has 0 aromatic carbocycles. The zero-order valence-electron chi connectivity index (χ0n) is 38.2. The summed E-state index contributed by atoms with van der Waals surface area (Å²) in [6, 6.07) is 0. The van der Waals surface area contributed by atoms with Crippen molar-refractivity contribution in [2.45, 2.75) is 321 Å². The fraction of sp³-hybridized carbons (Fsp3) is 1.00. The summed E-state index contributed by atoms with van der Waals surface area (Å²) < 4.78 is 0. The van der Waals surface area contributed by atoms with E-state index in [4.69, 9.17) is 10.2 Å². The number of rotatable bonds is 0. The van der Waals surface area contributed by atoms with Gasteiger partial charge < -0.3 is 10.2 Å². The molecule has 5 rings (SSSR count). The van der Waals surface area contributed by atoms with E-state index in [-0.39, 0.29) is 0 Å². The van der Waals surface area contributed by atoms with Gasteiger partial charge in [-0.3, -0.25) is 0 Å². The van der Waals surface area contributed by atoms with Gasteiger partial charge in [0, 0.05) is 14.2 Å². The van der Waals surface area contributed by atoms with Gasteiger partial charge in [-0.1, -0.05) is 321 Å². The van der Waals surface area contributed by atoms with Crippen LogP contribution in [0.4, 0.5) is 0 Å². The van der Waals surface area contributed by atoms with E-state index in [1.165, 1.54) is 321 Å². The maximum atomic E-state index is 7.00. The second-order valence-electron chi connectivity index (χ2n) is 17.7. The molecule has 5 fully saturated rings. The number of hydrogen-bond acceptors (Lipinski definition) is 2. The van der Waals surface area contributed by atoms with Crippen LogP contribution in [0, 0.1) is 0 Å². The van der Waals surface area contributed by atoms with Crippen LogP contribution >= 0.6 is 0 Å². The second-order valence-corrected chi connectivity index (χ2v) is 17.7. The van der Waals surface area contributed by atoms with Crippen molar-refractivity contribution in [1.29, 1.82) is 0 Å². The van der Waals surface area contributed by atoms with Crippen LogP contribution in [0.15, 0.2) is 0 Å². The summed E-state index contributed by atoms with van der Waals surface area (Å²) in [5.74, 6) is 0. The molecule has 54 heavy (non-hydrogen) atoms. The largest absolute Gasteiger partial charge is 0.400 e. The molecule has 0 amide bonds. The van der Waals surface area contributed by atoms with Crippen LogP contribution in [0.5, 0.6) is 0 Å². The van der Waals surface area contributed by atoms with Gasteiger partial charge in [-0.15, -0.1) is 0 Å². The Morgan fingerprint density at radius 2 is 0.111 bits per heavy atom. The lowest BCUT2D eigenvalue weighted by Crippen LogP contribution is -1.85. The van der Waals surface area contributed by atoms with Gasteiger partial charge in [0.2, 0.25) is 0 Å². The smallest absolute Gasteiger partial charge is 0.0319 e. The van der Waals surface area contributed by atoms with Gasteiger partial charge in [-0.25, -0.2) is 0 Å². The van der Waals surface area contributed by atoms with Crippen LogP contribution in [0.25, 0.3) is 0 Å². The number of hydrogen-bond donors (Lipinski definition) is 2. The number of aliphatic hydroxyl groups is 2. The Morgan fingerprint density at radius 1 is 0.0926 bits per heavy atom. The Labute approximate surface area is 344 Å². The molecule has 0 aliphatic heterocycles. The van der Waals surface area contributed by atoms with Gasteiger partial charge >= 0.3 is 0 Å². The van der Waals surface area contributed by atoms with E-state index in [2.05, 4.69) is 0 Å². The monoisotopic (exact) mass is 765 g/mol. The summed E-state index contributed by atoms with van der Waals surface area (Å²) in [6.45, 7) is 0. The molecule has 5 saturated carbocycles. The van der Waals surface area contributed by atoms with Crippen molar-refractivity contribution in [3.8, 4) is 0 Å². The van der Waals surface area contributed by atoms with Gasteiger partial charge in [0.05, 0.1) is 0 Å². The van der Waals surface area contributed by atoms with Crippen LogP contribution in [0.3, 0.4) is 0 Å². The maximum absolute atomic E-state index is 7.00. The zero-order chi connectivity index (χ0) is 39.4. The fourth-order valence-corrected chi connectivity index (χ4v) is 8.84. The lowest BCUT2D eigenvalue weighted by atomic mass is 10.0. The average Bonchev–Trinajstić information content (AvgIpc) is 3.25. The molecule has 0 unspecified atom stereocenters. The highest BCUT2D eigenvalue weighted by molar-refractivity contribution is 4.55. The van der Waals surface area contributed by atoms with Gasteiger partial charge in [-0.2, -0.15) is 0 Å². The van der Waals surface area contributed by atoms with E-state index in [1.807, 2.05) is 0 Å². The minimum absolute atomic E-state index is 1.00. The molecule has 5 aliphatic rings. The van der Waals surface area contributed by atoms with Crippen LogP contribution in [0.2, 0.25) is 0 Å². The first kappa shape index (κ1) is 56.0. The molecular weight excluding hydrogens is 657 g/mol. The maximum Gasteiger partial charge on any atom is 0.0319 e. The minimum atomic E-state index is 1.00. The summed E-state index contributed by atoms with van der Waals surface area (Å²) in [7, 11) is 2.00. The summed E-state index contributed by atoms with van der Waals surface area (Å²) in [6.07, 6.45) is 75.0. The molecule has 2 nitrogen and oxygen atoms in total. The van der Waals surface area contributed by atoms with Crippen molar-refractivity contribution in [2.24, 2.45) is 0 Å². The Morgan fingerprint density at radius 3 is 0.130 bits per heavy atom. The quantitative estimate of drug-likeness (QED) is 0.258. The second kappa shape index (κ2) is 57.2. The highest BCUT2D eigenvalue weighted by Gasteiger charge is 1.99. The van der Waals surface area contributed by atoms with E-state index in [1.54, 1.807) is 0 Å². The highest BCUT2D eigenvalue weighted by atomic mass is 16.2. The summed E-state index contributed by atoms with van der Waals surface area (Å²) in [4.78, 5) is 0. The van der Waals surface area contributed by atoms with Crippen molar-refractivity contribution in [1.82, 2.24) is 0 Å². The predicted molar refractivity (Wildman–Crippen MR) is 247 cm³/mol. The van der Waals surface area contributed by atoms with Crippen LogP contribution < -0.4 is 0 Å². The topological polar surface area (TPSA) is 40.5 Å². The fourth-order valence-electron chi connectivity index (χ4n) is 8.84. The first-order chi connectivity index (χ1) is 27.0. The number of aliphatic hydroxyl groups excluding tert-OH is 2. The van der Waals surface area contributed by atoms with E-state index >= 15 is 0 Å². The Balaban J connectivity index is 0. The summed E-state index contributed by atoms with van der Waals surface area (Å²) in [5, 5.41) is 14.0. The van der Waals surface area contributed by atoms with Crippen molar-refractivity contribution in [3.05, 3.63) is 0 Å².